The number of hydrogen-bond acceptors (Lipinski definition) is 6. The van der Waals surface area contributed by atoms with Crippen LogP contribution in [0.4, 0.5) is 0 Å². The van der Waals surface area contributed by atoms with Crippen molar-refractivity contribution in [2.45, 2.75) is 58.3 Å². The van der Waals surface area contributed by atoms with Crippen molar-refractivity contribution in [3.8, 4) is 0 Å². The second-order valence-electron chi connectivity index (χ2n) is 8.42. The van der Waals surface area contributed by atoms with Crippen molar-refractivity contribution in [1.29, 1.82) is 0 Å². The van der Waals surface area contributed by atoms with Crippen LogP contribution in [0.1, 0.15) is 54.4 Å². The Kier molecular flexibility index (Phi) is 5.38. The van der Waals surface area contributed by atoms with Crippen molar-refractivity contribution in [2.75, 3.05) is 0 Å². The Labute approximate surface area is 179 Å². The predicted octanol–water partition coefficient (Wildman–Crippen LogP) is 3.73. The number of H-pyrrole nitrogens is 1. The number of aromatic nitrogens is 5. The van der Waals surface area contributed by atoms with Crippen molar-refractivity contribution in [1.82, 2.24) is 30.1 Å². The molecule has 31 heavy (non-hydrogen) atoms. The molecule has 0 amide bonds. The number of nitrogens with zero attached hydrogens (tertiary/aromatic N) is 5. The lowest BCUT2D eigenvalue weighted by Gasteiger charge is -2.21. The molecule has 0 radical (unpaired) electrons. The highest BCUT2D eigenvalue weighted by atomic mass is 16.3. The SMILES string of the molecule is Cc1ccc2[nH]c(=O)c(CN(Cc3ccco3)Cc3nnnn3C3CCCC3)cc2c1. The van der Waals surface area contributed by atoms with Crippen LogP contribution in [-0.4, -0.2) is 30.1 Å². The summed E-state index contributed by atoms with van der Waals surface area (Å²) in [5.74, 6) is 1.67. The van der Waals surface area contributed by atoms with Crippen LogP contribution in [0.2, 0.25) is 0 Å². The molecule has 8 heteroatoms. The van der Waals surface area contributed by atoms with Crippen molar-refractivity contribution in [3.05, 3.63) is 75.7 Å². The first-order valence-corrected chi connectivity index (χ1v) is 10.8. The van der Waals surface area contributed by atoms with Crippen molar-refractivity contribution >= 4 is 10.9 Å². The quantitative estimate of drug-likeness (QED) is 0.492. The summed E-state index contributed by atoms with van der Waals surface area (Å²) in [6, 6.07) is 12.2. The molecule has 0 unspecified atom stereocenters. The molecule has 4 aromatic rings. The van der Waals surface area contributed by atoms with E-state index in [1.807, 2.05) is 35.0 Å². The molecule has 1 fully saturated rings. The van der Waals surface area contributed by atoms with E-state index in [0.29, 0.717) is 31.2 Å². The Bertz CT molecular complexity index is 1220. The van der Waals surface area contributed by atoms with E-state index in [-0.39, 0.29) is 5.56 Å². The third kappa shape index (κ3) is 4.29. The number of pyridine rings is 1. The second kappa shape index (κ2) is 8.47. The number of furan rings is 1. The molecule has 0 bridgehead atoms. The van der Waals surface area contributed by atoms with E-state index >= 15 is 0 Å². The molecule has 3 heterocycles. The number of aromatic amines is 1. The zero-order valence-corrected chi connectivity index (χ0v) is 17.6. The third-order valence-electron chi connectivity index (χ3n) is 6.03. The van der Waals surface area contributed by atoms with E-state index in [1.165, 1.54) is 12.8 Å². The molecule has 8 nitrogen and oxygen atoms in total. The molecule has 160 valence electrons. The van der Waals surface area contributed by atoms with E-state index in [9.17, 15) is 4.79 Å². The van der Waals surface area contributed by atoms with Gasteiger partial charge in [0.2, 0.25) is 0 Å². The van der Waals surface area contributed by atoms with E-state index in [4.69, 9.17) is 4.42 Å². The summed E-state index contributed by atoms with van der Waals surface area (Å²) in [5.41, 5.74) is 2.65. The van der Waals surface area contributed by atoms with Gasteiger partial charge in [-0.1, -0.05) is 24.5 Å². The van der Waals surface area contributed by atoms with Gasteiger partial charge in [-0.25, -0.2) is 4.68 Å². The summed E-state index contributed by atoms with van der Waals surface area (Å²) in [7, 11) is 0. The molecule has 5 rings (SSSR count). The maximum atomic E-state index is 12.8. The zero-order chi connectivity index (χ0) is 21.2. The maximum absolute atomic E-state index is 12.8. The van der Waals surface area contributed by atoms with Crippen LogP contribution in [0.15, 0.2) is 51.9 Å². The van der Waals surface area contributed by atoms with Gasteiger partial charge < -0.3 is 9.40 Å². The highest BCUT2D eigenvalue weighted by Crippen LogP contribution is 2.29. The number of hydrogen-bond donors (Lipinski definition) is 1. The standard InChI is InChI=1S/C23H26N6O2/c1-16-8-9-21-17(11-16)12-18(23(30)24-21)13-28(14-20-7-4-10-31-20)15-22-25-26-27-29(22)19-5-2-3-6-19/h4,7-12,19H,2-3,5-6,13-15H2,1H3,(H,24,30). The van der Waals surface area contributed by atoms with Crippen LogP contribution in [0, 0.1) is 6.92 Å². The topological polar surface area (TPSA) is 92.8 Å². The summed E-state index contributed by atoms with van der Waals surface area (Å²) in [5, 5.41) is 13.5. The zero-order valence-electron chi connectivity index (χ0n) is 17.6. The molecule has 3 aromatic heterocycles. The first-order chi connectivity index (χ1) is 15.2. The molecule has 1 saturated carbocycles. The molecular weight excluding hydrogens is 392 g/mol. The largest absolute Gasteiger partial charge is 0.468 e. The molecule has 0 saturated heterocycles. The number of fused-ring (bicyclic) bond motifs is 1. The van der Waals surface area contributed by atoms with Gasteiger partial charge in [-0.2, -0.15) is 0 Å². The Morgan fingerprint density at radius 3 is 2.84 bits per heavy atom. The number of rotatable bonds is 7. The number of aryl methyl sites for hydroxylation is 1. The smallest absolute Gasteiger partial charge is 0.252 e. The Hall–Kier alpha value is -3.26. The number of tetrazole rings is 1. The van der Waals surface area contributed by atoms with E-state index in [1.54, 1.807) is 6.26 Å². The van der Waals surface area contributed by atoms with Gasteiger partial charge in [0.1, 0.15) is 5.76 Å². The molecule has 1 aliphatic rings. The predicted molar refractivity (Wildman–Crippen MR) is 116 cm³/mol. The fraction of sp³-hybridized carbons (Fsp3) is 0.391. The first-order valence-electron chi connectivity index (χ1n) is 10.8. The monoisotopic (exact) mass is 418 g/mol. The van der Waals surface area contributed by atoms with Gasteiger partial charge in [-0.3, -0.25) is 9.69 Å². The lowest BCUT2D eigenvalue weighted by Crippen LogP contribution is -2.28. The lowest BCUT2D eigenvalue weighted by atomic mass is 10.1. The Morgan fingerprint density at radius 2 is 2.03 bits per heavy atom. The van der Waals surface area contributed by atoms with Crippen LogP contribution in [0.3, 0.4) is 0 Å². The Balaban J connectivity index is 1.44. The van der Waals surface area contributed by atoms with E-state index in [2.05, 4.69) is 38.4 Å². The van der Waals surface area contributed by atoms with Gasteiger partial charge in [0.05, 0.1) is 25.4 Å². The summed E-state index contributed by atoms with van der Waals surface area (Å²) < 4.78 is 7.55. The summed E-state index contributed by atoms with van der Waals surface area (Å²) in [6.07, 6.45) is 6.32. The highest BCUT2D eigenvalue weighted by molar-refractivity contribution is 5.79. The molecule has 0 aliphatic heterocycles. The van der Waals surface area contributed by atoms with E-state index < -0.39 is 0 Å². The van der Waals surface area contributed by atoms with Crippen molar-refractivity contribution < 1.29 is 4.42 Å². The molecule has 0 spiro atoms. The first kappa shape index (κ1) is 19.7. The van der Waals surface area contributed by atoms with Crippen LogP contribution in [0.25, 0.3) is 10.9 Å². The molecular formula is C23H26N6O2. The second-order valence-corrected chi connectivity index (χ2v) is 8.42. The minimum Gasteiger partial charge on any atom is -0.468 e. The maximum Gasteiger partial charge on any atom is 0.252 e. The fourth-order valence-corrected chi connectivity index (χ4v) is 4.47. The van der Waals surface area contributed by atoms with Crippen LogP contribution in [-0.2, 0) is 19.6 Å². The summed E-state index contributed by atoms with van der Waals surface area (Å²) in [4.78, 5) is 18.0. The van der Waals surface area contributed by atoms with Crippen LogP contribution in [0.5, 0.6) is 0 Å². The Morgan fingerprint density at radius 1 is 1.16 bits per heavy atom. The van der Waals surface area contributed by atoms with Gasteiger partial charge in [-0.05, 0) is 65.9 Å². The minimum absolute atomic E-state index is 0.0730. The van der Waals surface area contributed by atoms with Crippen molar-refractivity contribution in [2.24, 2.45) is 0 Å². The summed E-state index contributed by atoms with van der Waals surface area (Å²) in [6.45, 7) is 3.62. The van der Waals surface area contributed by atoms with E-state index in [0.717, 1.165) is 40.9 Å². The van der Waals surface area contributed by atoms with Gasteiger partial charge in [0.25, 0.3) is 5.56 Å². The molecule has 0 atom stereocenters. The molecule has 1 aromatic carbocycles. The van der Waals surface area contributed by atoms with Crippen LogP contribution < -0.4 is 5.56 Å². The van der Waals surface area contributed by atoms with Gasteiger partial charge in [-0.15, -0.1) is 5.10 Å². The highest BCUT2D eigenvalue weighted by Gasteiger charge is 2.23. The minimum atomic E-state index is -0.0730. The van der Waals surface area contributed by atoms with Crippen molar-refractivity contribution in [3.63, 3.8) is 0 Å². The average Bonchev–Trinajstić information content (AvgIpc) is 3.51. The third-order valence-corrected chi connectivity index (χ3v) is 6.03. The molecule has 1 aliphatic carbocycles. The number of benzene rings is 1. The fourth-order valence-electron chi connectivity index (χ4n) is 4.47. The van der Waals surface area contributed by atoms with Gasteiger partial charge >= 0.3 is 0 Å². The van der Waals surface area contributed by atoms with Crippen LogP contribution >= 0.6 is 0 Å². The number of nitrogens with one attached hydrogen (secondary N) is 1. The molecule has 1 N–H and O–H groups in total. The average molecular weight is 419 g/mol. The lowest BCUT2D eigenvalue weighted by molar-refractivity contribution is 0.213. The van der Waals surface area contributed by atoms with Gasteiger partial charge in [0.15, 0.2) is 5.82 Å². The normalized spacial score (nSPS) is 14.8. The van der Waals surface area contributed by atoms with Gasteiger partial charge in [0, 0.05) is 17.6 Å². The summed E-state index contributed by atoms with van der Waals surface area (Å²) >= 11 is 0.